The number of aromatic nitrogens is 3. The molecule has 0 spiro atoms. The summed E-state index contributed by atoms with van der Waals surface area (Å²) in [5, 5.41) is 3.46. The van der Waals surface area contributed by atoms with Crippen molar-refractivity contribution in [3.05, 3.63) is 46.5 Å². The lowest BCUT2D eigenvalue weighted by molar-refractivity contribution is 0.0427. The average Bonchev–Trinajstić information content (AvgIpc) is 2.77. The van der Waals surface area contributed by atoms with Crippen LogP contribution in [0.25, 0.3) is 22.0 Å². The largest absolute Gasteiger partial charge is 0.443 e. The van der Waals surface area contributed by atoms with Gasteiger partial charge in [-0.15, -0.1) is 0 Å². The van der Waals surface area contributed by atoms with Crippen LogP contribution in [0, 0.1) is 11.6 Å². The van der Waals surface area contributed by atoms with Crippen LogP contribution in [-0.4, -0.2) is 44.5 Å². The Bertz CT molecular complexity index is 1430. The van der Waals surface area contributed by atoms with Gasteiger partial charge in [-0.3, -0.25) is 4.79 Å². The van der Waals surface area contributed by atoms with Crippen molar-refractivity contribution in [3.63, 3.8) is 0 Å². The van der Waals surface area contributed by atoms with Crippen LogP contribution < -0.4 is 15.8 Å². The van der Waals surface area contributed by atoms with E-state index < -0.39 is 52.0 Å². The molecule has 3 aromatic rings. The summed E-state index contributed by atoms with van der Waals surface area (Å²) in [6.07, 6.45) is -0.502. The smallest absolute Gasteiger partial charge is 0.425 e. The molecule has 0 radical (unpaired) electrons. The van der Waals surface area contributed by atoms with Gasteiger partial charge in [-0.1, -0.05) is 0 Å². The summed E-state index contributed by atoms with van der Waals surface area (Å²) in [6.45, 7) is 11.8. The number of carbonyl (C=O) groups excluding carboxylic acids is 2. The molecular weight excluding hydrogens is 500 g/mol. The number of nitrogens with zero attached hydrogens (tertiary/aromatic N) is 4. The van der Waals surface area contributed by atoms with Crippen molar-refractivity contribution >= 4 is 34.7 Å². The first-order chi connectivity index (χ1) is 17.5. The van der Waals surface area contributed by atoms with E-state index in [9.17, 15) is 14.4 Å². The highest BCUT2D eigenvalue weighted by Gasteiger charge is 2.37. The monoisotopic (exact) mass is 531 g/mol. The number of anilines is 2. The lowest BCUT2D eigenvalue weighted by atomic mass is 10.0. The van der Waals surface area contributed by atoms with E-state index in [1.54, 1.807) is 47.6 Å². The van der Waals surface area contributed by atoms with E-state index in [1.165, 1.54) is 23.9 Å². The second kappa shape index (κ2) is 10.3. The number of amides is 2. The molecule has 2 amide bonds. The van der Waals surface area contributed by atoms with Crippen molar-refractivity contribution in [3.8, 4) is 11.1 Å². The highest BCUT2D eigenvalue weighted by Crippen LogP contribution is 2.32. The number of imide groups is 1. The molecule has 3 rings (SSSR count). The quantitative estimate of drug-likeness (QED) is 0.477. The van der Waals surface area contributed by atoms with Crippen LogP contribution in [0.3, 0.4) is 0 Å². The third kappa shape index (κ3) is 6.06. The normalized spacial score (nSPS) is 11.8. The topological polar surface area (TPSA) is 116 Å². The predicted octanol–water partition coefficient (Wildman–Crippen LogP) is 5.38. The molecule has 0 bridgehead atoms. The molecular formula is C26H31F2N5O5. The molecule has 0 atom stereocenters. The fourth-order valence-electron chi connectivity index (χ4n) is 3.54. The number of hydrogen-bond acceptors (Lipinski definition) is 8. The molecule has 0 unspecified atom stereocenters. The number of fused-ring (bicyclic) bond motifs is 1. The van der Waals surface area contributed by atoms with E-state index in [0.29, 0.717) is 29.5 Å². The minimum atomic E-state index is -1.42. The summed E-state index contributed by atoms with van der Waals surface area (Å²) in [6, 6.07) is 2.93. The van der Waals surface area contributed by atoms with Gasteiger partial charge in [0.15, 0.2) is 17.5 Å². The molecule has 0 aliphatic rings. The molecule has 0 aromatic carbocycles. The van der Waals surface area contributed by atoms with E-state index in [0.717, 1.165) is 0 Å². The third-order valence-electron chi connectivity index (χ3n) is 5.05. The highest BCUT2D eigenvalue weighted by atomic mass is 19.1. The van der Waals surface area contributed by atoms with Gasteiger partial charge < -0.3 is 19.4 Å². The molecule has 0 fully saturated rings. The fraction of sp³-hybridized carbons (Fsp3) is 0.423. The Kier molecular flexibility index (Phi) is 7.75. The number of nitrogens with one attached hydrogen (secondary N) is 1. The Hall–Kier alpha value is -4.09. The molecule has 1 N–H and O–H groups in total. The van der Waals surface area contributed by atoms with Crippen molar-refractivity contribution in [1.29, 1.82) is 0 Å². The Balaban J connectivity index is 2.25. The van der Waals surface area contributed by atoms with Crippen LogP contribution in [0.4, 0.5) is 30.0 Å². The van der Waals surface area contributed by atoms with E-state index >= 15 is 8.78 Å². The number of pyridine rings is 3. The Morgan fingerprint density at radius 2 is 1.58 bits per heavy atom. The third-order valence-corrected chi connectivity index (χ3v) is 5.05. The van der Waals surface area contributed by atoms with Crippen molar-refractivity contribution in [2.45, 2.75) is 59.7 Å². The van der Waals surface area contributed by atoms with E-state index in [-0.39, 0.29) is 10.5 Å². The van der Waals surface area contributed by atoms with Gasteiger partial charge in [0.2, 0.25) is 0 Å². The van der Waals surface area contributed by atoms with Crippen LogP contribution >= 0.6 is 0 Å². The van der Waals surface area contributed by atoms with Crippen molar-refractivity contribution < 1.29 is 27.8 Å². The molecule has 10 nitrogen and oxygen atoms in total. The SMILES string of the molecule is CCNc1cc2c(cn1)cc(-c1c(F)cnc(N(C(=O)OC(C)(C)C)C(=O)OC(C)(C)C)c1F)c(=O)n2C. The van der Waals surface area contributed by atoms with Crippen molar-refractivity contribution in [1.82, 2.24) is 14.5 Å². The van der Waals surface area contributed by atoms with Crippen LogP contribution in [0.1, 0.15) is 48.5 Å². The highest BCUT2D eigenvalue weighted by molar-refractivity contribution is 6.09. The standard InChI is InChI=1S/C26H31F2N5O5/c1-9-29-18-11-17-14(12-30-18)10-15(22(34)32(17)8)19-16(27)13-31-21(20(19)28)33(23(35)37-25(2,3)4)24(36)38-26(5,6)7/h10-13H,9H2,1-8H3,(H,29,30). The number of aryl methyl sites for hydroxylation is 1. The summed E-state index contributed by atoms with van der Waals surface area (Å²) in [5.41, 5.74) is -3.51. The Morgan fingerprint density at radius 3 is 2.11 bits per heavy atom. The molecule has 3 heterocycles. The van der Waals surface area contributed by atoms with Crippen LogP contribution in [-0.2, 0) is 16.5 Å². The first kappa shape index (κ1) is 28.5. The first-order valence-electron chi connectivity index (χ1n) is 11.9. The maximum absolute atomic E-state index is 16.0. The van der Waals surface area contributed by atoms with Crippen LogP contribution in [0.2, 0.25) is 0 Å². The number of hydrogen-bond donors (Lipinski definition) is 1. The minimum absolute atomic E-state index is 0.241. The molecule has 0 saturated carbocycles. The first-order valence-corrected chi connectivity index (χ1v) is 11.9. The minimum Gasteiger partial charge on any atom is -0.443 e. The van der Waals surface area contributed by atoms with E-state index in [4.69, 9.17) is 9.47 Å². The average molecular weight is 532 g/mol. The number of ether oxygens (including phenoxy) is 2. The molecule has 0 aliphatic heterocycles. The summed E-state index contributed by atoms with van der Waals surface area (Å²) in [4.78, 5) is 47.4. The van der Waals surface area contributed by atoms with Crippen LogP contribution in [0.5, 0.6) is 0 Å². The molecule has 38 heavy (non-hydrogen) atoms. The summed E-state index contributed by atoms with van der Waals surface area (Å²) < 4.78 is 42.8. The Labute approximate surface area is 218 Å². The number of rotatable bonds is 4. The molecule has 0 aliphatic carbocycles. The van der Waals surface area contributed by atoms with E-state index in [1.807, 2.05) is 6.92 Å². The molecule has 3 aromatic heterocycles. The maximum atomic E-state index is 16.0. The van der Waals surface area contributed by atoms with Gasteiger partial charge in [0.25, 0.3) is 5.56 Å². The van der Waals surface area contributed by atoms with Gasteiger partial charge in [-0.25, -0.2) is 28.3 Å². The van der Waals surface area contributed by atoms with E-state index in [2.05, 4.69) is 15.3 Å². The number of halogens is 2. The van der Waals surface area contributed by atoms with Gasteiger partial charge >= 0.3 is 12.2 Å². The Morgan fingerprint density at radius 1 is 1.00 bits per heavy atom. The number of carbonyl (C=O) groups is 2. The lowest BCUT2D eigenvalue weighted by Crippen LogP contribution is -2.44. The van der Waals surface area contributed by atoms with Gasteiger partial charge in [0, 0.05) is 31.2 Å². The zero-order chi connectivity index (χ0) is 28.6. The summed E-state index contributed by atoms with van der Waals surface area (Å²) in [7, 11) is 1.45. The molecule has 12 heteroatoms. The van der Waals surface area contributed by atoms with Gasteiger partial charge in [0.1, 0.15) is 17.0 Å². The van der Waals surface area contributed by atoms with Crippen molar-refractivity contribution in [2.75, 3.05) is 16.8 Å². The summed E-state index contributed by atoms with van der Waals surface area (Å²) >= 11 is 0. The zero-order valence-corrected chi connectivity index (χ0v) is 22.6. The predicted molar refractivity (Wildman–Crippen MR) is 139 cm³/mol. The maximum Gasteiger partial charge on any atom is 0.425 e. The van der Waals surface area contributed by atoms with Gasteiger partial charge in [0.05, 0.1) is 22.8 Å². The summed E-state index contributed by atoms with van der Waals surface area (Å²) in [5.74, 6) is -2.95. The molecule has 0 saturated heterocycles. The van der Waals surface area contributed by atoms with Crippen molar-refractivity contribution in [2.24, 2.45) is 7.05 Å². The lowest BCUT2D eigenvalue weighted by Gasteiger charge is -2.28. The van der Waals surface area contributed by atoms with Gasteiger partial charge in [-0.05, 0) is 54.5 Å². The second-order valence-electron chi connectivity index (χ2n) is 10.5. The second-order valence-corrected chi connectivity index (χ2v) is 10.5. The van der Waals surface area contributed by atoms with Gasteiger partial charge in [-0.2, -0.15) is 4.90 Å². The zero-order valence-electron chi connectivity index (χ0n) is 22.6. The fourth-order valence-corrected chi connectivity index (χ4v) is 3.54. The van der Waals surface area contributed by atoms with Crippen LogP contribution in [0.15, 0.2) is 29.3 Å². The molecule has 204 valence electrons.